The van der Waals surface area contributed by atoms with E-state index in [1.165, 1.54) is 6.26 Å². The standard InChI is InChI=1S/C10H16O4/c1-4-11-8-7-14-10(13-6-3)9(8)12-5-2/h7H,4-6H2,1-3H3. The maximum atomic E-state index is 5.37. The van der Waals surface area contributed by atoms with Crippen LogP contribution in [0.2, 0.25) is 0 Å². The lowest BCUT2D eigenvalue weighted by atomic mass is 10.5. The third-order valence-electron chi connectivity index (χ3n) is 1.55. The summed E-state index contributed by atoms with van der Waals surface area (Å²) < 4.78 is 21.1. The molecule has 0 spiro atoms. The van der Waals surface area contributed by atoms with Gasteiger partial charge in [0.2, 0.25) is 11.5 Å². The predicted molar refractivity (Wildman–Crippen MR) is 52.2 cm³/mol. The molecule has 1 aromatic heterocycles. The Balaban J connectivity index is 2.82. The Labute approximate surface area is 83.8 Å². The van der Waals surface area contributed by atoms with Gasteiger partial charge in [-0.2, -0.15) is 0 Å². The first kappa shape index (κ1) is 10.8. The largest absolute Gasteiger partial charge is 0.487 e. The fourth-order valence-electron chi connectivity index (χ4n) is 1.07. The Kier molecular flexibility index (Phi) is 4.16. The monoisotopic (exact) mass is 200 g/mol. The molecule has 0 saturated carbocycles. The molecular weight excluding hydrogens is 184 g/mol. The second-order valence-electron chi connectivity index (χ2n) is 2.52. The maximum Gasteiger partial charge on any atom is 0.332 e. The van der Waals surface area contributed by atoms with Gasteiger partial charge in [0, 0.05) is 0 Å². The lowest BCUT2D eigenvalue weighted by molar-refractivity contribution is 0.229. The van der Waals surface area contributed by atoms with Gasteiger partial charge in [0.05, 0.1) is 19.8 Å². The highest BCUT2D eigenvalue weighted by molar-refractivity contribution is 5.45. The summed E-state index contributed by atoms with van der Waals surface area (Å²) in [6, 6.07) is 0. The van der Waals surface area contributed by atoms with Crippen molar-refractivity contribution in [1.29, 1.82) is 0 Å². The lowest BCUT2D eigenvalue weighted by Crippen LogP contribution is -1.98. The summed E-state index contributed by atoms with van der Waals surface area (Å²) >= 11 is 0. The molecule has 0 saturated heterocycles. The zero-order valence-electron chi connectivity index (χ0n) is 8.83. The minimum absolute atomic E-state index is 0.387. The van der Waals surface area contributed by atoms with E-state index >= 15 is 0 Å². The van der Waals surface area contributed by atoms with Crippen molar-refractivity contribution in [1.82, 2.24) is 0 Å². The van der Waals surface area contributed by atoms with Crippen molar-refractivity contribution in [2.75, 3.05) is 19.8 Å². The van der Waals surface area contributed by atoms with Crippen LogP contribution in [0.15, 0.2) is 10.7 Å². The Morgan fingerprint density at radius 2 is 1.64 bits per heavy atom. The molecule has 80 valence electrons. The van der Waals surface area contributed by atoms with E-state index < -0.39 is 0 Å². The lowest BCUT2D eigenvalue weighted by Gasteiger charge is -2.06. The number of rotatable bonds is 6. The van der Waals surface area contributed by atoms with E-state index in [1.807, 2.05) is 20.8 Å². The zero-order chi connectivity index (χ0) is 10.4. The summed E-state index contributed by atoms with van der Waals surface area (Å²) in [5, 5.41) is 0. The molecule has 0 aliphatic heterocycles. The fourth-order valence-corrected chi connectivity index (χ4v) is 1.07. The fraction of sp³-hybridized carbons (Fsp3) is 0.600. The molecule has 14 heavy (non-hydrogen) atoms. The summed E-state index contributed by atoms with van der Waals surface area (Å²) in [5.41, 5.74) is 0. The maximum absolute atomic E-state index is 5.37. The van der Waals surface area contributed by atoms with Crippen LogP contribution in [0.3, 0.4) is 0 Å². The Morgan fingerprint density at radius 3 is 2.21 bits per heavy atom. The van der Waals surface area contributed by atoms with Crippen LogP contribution in [-0.2, 0) is 0 Å². The van der Waals surface area contributed by atoms with E-state index in [-0.39, 0.29) is 0 Å². The Morgan fingerprint density at radius 1 is 1.00 bits per heavy atom. The minimum atomic E-state index is 0.387. The normalized spacial score (nSPS) is 9.93. The molecule has 0 N–H and O–H groups in total. The molecular formula is C10H16O4. The van der Waals surface area contributed by atoms with E-state index in [1.54, 1.807) is 0 Å². The summed E-state index contributed by atoms with van der Waals surface area (Å²) in [4.78, 5) is 0. The second-order valence-corrected chi connectivity index (χ2v) is 2.52. The van der Waals surface area contributed by atoms with Gasteiger partial charge in [-0.15, -0.1) is 0 Å². The van der Waals surface area contributed by atoms with Gasteiger partial charge in [0.1, 0.15) is 6.26 Å². The summed E-state index contributed by atoms with van der Waals surface area (Å²) in [6.07, 6.45) is 1.50. The Hall–Kier alpha value is -1.32. The highest BCUT2D eigenvalue weighted by atomic mass is 16.6. The number of hydrogen-bond acceptors (Lipinski definition) is 4. The number of hydrogen-bond donors (Lipinski definition) is 0. The van der Waals surface area contributed by atoms with Crippen molar-refractivity contribution < 1.29 is 18.6 Å². The highest BCUT2D eigenvalue weighted by Crippen LogP contribution is 2.39. The van der Waals surface area contributed by atoms with Crippen molar-refractivity contribution in [2.24, 2.45) is 0 Å². The van der Waals surface area contributed by atoms with Gasteiger partial charge in [0.15, 0.2) is 0 Å². The highest BCUT2D eigenvalue weighted by Gasteiger charge is 2.17. The van der Waals surface area contributed by atoms with Crippen molar-refractivity contribution >= 4 is 0 Å². The number of furan rings is 1. The van der Waals surface area contributed by atoms with Crippen molar-refractivity contribution in [2.45, 2.75) is 20.8 Å². The zero-order valence-corrected chi connectivity index (χ0v) is 8.83. The average Bonchev–Trinajstić information content (AvgIpc) is 2.52. The molecule has 0 atom stereocenters. The van der Waals surface area contributed by atoms with Gasteiger partial charge in [-0.05, 0) is 20.8 Å². The van der Waals surface area contributed by atoms with Crippen molar-refractivity contribution in [3.63, 3.8) is 0 Å². The molecule has 0 aliphatic rings. The Bertz CT molecular complexity index is 244. The van der Waals surface area contributed by atoms with Gasteiger partial charge in [-0.25, -0.2) is 0 Å². The summed E-state index contributed by atoms with van der Waals surface area (Å²) in [6.45, 7) is 7.37. The minimum Gasteiger partial charge on any atom is -0.487 e. The average molecular weight is 200 g/mol. The van der Waals surface area contributed by atoms with Crippen LogP contribution in [-0.4, -0.2) is 19.8 Å². The summed E-state index contributed by atoms with van der Waals surface area (Å²) in [7, 11) is 0. The van der Waals surface area contributed by atoms with Gasteiger partial charge >= 0.3 is 5.95 Å². The van der Waals surface area contributed by atoms with Crippen LogP contribution in [0, 0.1) is 0 Å². The first-order chi connectivity index (χ1) is 6.83. The van der Waals surface area contributed by atoms with Crippen LogP contribution < -0.4 is 14.2 Å². The molecule has 1 heterocycles. The molecule has 0 aliphatic carbocycles. The SMILES string of the molecule is CCOc1coc(OCC)c1OCC. The molecule has 1 rings (SSSR count). The molecule has 0 fully saturated rings. The number of ether oxygens (including phenoxy) is 3. The van der Waals surface area contributed by atoms with Gasteiger partial charge in [0.25, 0.3) is 0 Å². The molecule has 4 nitrogen and oxygen atoms in total. The third-order valence-corrected chi connectivity index (χ3v) is 1.55. The molecule has 0 aromatic carbocycles. The molecule has 4 heteroatoms. The van der Waals surface area contributed by atoms with E-state index in [0.29, 0.717) is 37.3 Å². The molecule has 0 radical (unpaired) electrons. The predicted octanol–water partition coefficient (Wildman–Crippen LogP) is 2.48. The summed E-state index contributed by atoms with van der Waals surface area (Å²) in [5.74, 6) is 1.53. The van der Waals surface area contributed by atoms with E-state index in [9.17, 15) is 0 Å². The van der Waals surface area contributed by atoms with E-state index in [0.717, 1.165) is 0 Å². The van der Waals surface area contributed by atoms with Crippen molar-refractivity contribution in [3.8, 4) is 17.4 Å². The molecule has 0 amide bonds. The molecule has 0 bridgehead atoms. The van der Waals surface area contributed by atoms with Gasteiger partial charge < -0.3 is 18.6 Å². The topological polar surface area (TPSA) is 40.8 Å². The molecule has 1 aromatic rings. The van der Waals surface area contributed by atoms with E-state index in [4.69, 9.17) is 18.6 Å². The quantitative estimate of drug-likeness (QED) is 0.707. The van der Waals surface area contributed by atoms with Gasteiger partial charge in [-0.1, -0.05) is 0 Å². The first-order valence-electron chi connectivity index (χ1n) is 4.83. The van der Waals surface area contributed by atoms with Gasteiger partial charge in [-0.3, -0.25) is 0 Å². The van der Waals surface area contributed by atoms with Crippen LogP contribution in [0.5, 0.6) is 17.4 Å². The first-order valence-corrected chi connectivity index (χ1v) is 4.83. The van der Waals surface area contributed by atoms with Crippen LogP contribution >= 0.6 is 0 Å². The molecule has 0 unspecified atom stereocenters. The third kappa shape index (κ3) is 2.34. The smallest absolute Gasteiger partial charge is 0.332 e. The van der Waals surface area contributed by atoms with Crippen LogP contribution in [0.4, 0.5) is 0 Å². The van der Waals surface area contributed by atoms with Crippen molar-refractivity contribution in [3.05, 3.63) is 6.26 Å². The van der Waals surface area contributed by atoms with Crippen LogP contribution in [0.25, 0.3) is 0 Å². The second kappa shape index (κ2) is 5.42. The van der Waals surface area contributed by atoms with E-state index in [2.05, 4.69) is 0 Å². The van der Waals surface area contributed by atoms with Crippen LogP contribution in [0.1, 0.15) is 20.8 Å².